The zero-order valence-corrected chi connectivity index (χ0v) is 18.0. The van der Waals surface area contributed by atoms with Gasteiger partial charge < -0.3 is 4.74 Å². The number of thiazole rings is 1. The average Bonchev–Trinajstić information content (AvgIpc) is 3.27. The van der Waals surface area contributed by atoms with Gasteiger partial charge >= 0.3 is 0 Å². The van der Waals surface area contributed by atoms with Crippen molar-refractivity contribution >= 4 is 61.8 Å². The summed E-state index contributed by atoms with van der Waals surface area (Å²) in [5.41, 5.74) is 3.90. The second-order valence-electron chi connectivity index (χ2n) is 6.89. The Kier molecular flexibility index (Phi) is 4.90. The fourth-order valence-electron chi connectivity index (χ4n) is 3.74. The first-order chi connectivity index (χ1) is 13.7. The van der Waals surface area contributed by atoms with Crippen LogP contribution >= 0.6 is 34.4 Å². The number of anilines is 1. The number of nitrogens with zero attached hydrogens (tertiary/aromatic N) is 1. The molecule has 1 N–H and O–H groups in total. The van der Waals surface area contributed by atoms with Gasteiger partial charge in [-0.25, -0.2) is 4.98 Å². The number of hydrogen-bond acceptors (Lipinski definition) is 6. The third-order valence-electron chi connectivity index (χ3n) is 5.06. The van der Waals surface area contributed by atoms with E-state index in [0.29, 0.717) is 11.7 Å². The second-order valence-corrected chi connectivity index (χ2v) is 10.1. The molecule has 3 aromatic rings. The predicted octanol–water partition coefficient (Wildman–Crippen LogP) is 5.86. The first kappa shape index (κ1) is 18.2. The molecule has 7 heteroatoms. The average molecular weight is 429 g/mol. The van der Waals surface area contributed by atoms with Crippen LogP contribution in [0.5, 0.6) is 5.75 Å². The van der Waals surface area contributed by atoms with Crippen molar-refractivity contribution in [2.45, 2.75) is 38.4 Å². The van der Waals surface area contributed by atoms with Gasteiger partial charge in [0.25, 0.3) is 5.91 Å². The number of nitrogens with one attached hydrogen (secondary N) is 1. The lowest BCUT2D eigenvalue weighted by Crippen LogP contribution is -2.14. The molecule has 5 rings (SSSR count). The Balaban J connectivity index is 1.37. The number of carbonyl (C=O) groups is 1. The summed E-state index contributed by atoms with van der Waals surface area (Å²) in [7, 11) is 0. The largest absolute Gasteiger partial charge is 0.494 e. The Labute approximate surface area is 176 Å². The Morgan fingerprint density at radius 2 is 2.11 bits per heavy atom. The van der Waals surface area contributed by atoms with Gasteiger partial charge in [0, 0.05) is 15.5 Å². The maximum absolute atomic E-state index is 12.8. The van der Waals surface area contributed by atoms with Gasteiger partial charge in [-0.05, 0) is 68.0 Å². The summed E-state index contributed by atoms with van der Waals surface area (Å²) in [6.45, 7) is 2.60. The molecule has 0 unspecified atom stereocenters. The molecule has 1 amide bonds. The minimum atomic E-state index is -0.0638. The second kappa shape index (κ2) is 7.54. The zero-order chi connectivity index (χ0) is 19.1. The Morgan fingerprint density at radius 1 is 1.21 bits per heavy atom. The normalized spacial score (nSPS) is 15.7. The van der Waals surface area contributed by atoms with Gasteiger partial charge in [0.15, 0.2) is 5.13 Å². The van der Waals surface area contributed by atoms with Crippen LogP contribution in [0.25, 0.3) is 16.3 Å². The lowest BCUT2D eigenvalue weighted by atomic mass is 9.95. The van der Waals surface area contributed by atoms with Crippen LogP contribution in [0.15, 0.2) is 23.1 Å². The number of aromatic nitrogens is 1. The van der Waals surface area contributed by atoms with E-state index < -0.39 is 0 Å². The molecule has 0 saturated heterocycles. The standard InChI is InChI=1S/C21H20N2O2S3/c1-2-25-12-7-8-15-18(9-12)28-21(22-15)23-20(24)19-10-17-14(11-26-19)13-5-3-4-6-16(13)27-17/h7-10H,2-6,11H2,1H3,(H,22,23,24). The topological polar surface area (TPSA) is 51.2 Å². The molecule has 0 bridgehead atoms. The van der Waals surface area contributed by atoms with Crippen molar-refractivity contribution in [3.63, 3.8) is 0 Å². The molecule has 0 fully saturated rings. The van der Waals surface area contributed by atoms with Crippen molar-refractivity contribution in [2.24, 2.45) is 0 Å². The van der Waals surface area contributed by atoms with Crippen molar-refractivity contribution < 1.29 is 9.53 Å². The summed E-state index contributed by atoms with van der Waals surface area (Å²) >= 11 is 5.00. The maximum atomic E-state index is 12.8. The van der Waals surface area contributed by atoms with Crippen LogP contribution < -0.4 is 10.1 Å². The first-order valence-corrected chi connectivity index (χ1v) is 12.2. The number of thiophene rings is 1. The number of benzene rings is 1. The van der Waals surface area contributed by atoms with Crippen LogP contribution in [0.2, 0.25) is 0 Å². The zero-order valence-electron chi connectivity index (χ0n) is 15.5. The molecule has 1 aromatic carbocycles. The van der Waals surface area contributed by atoms with Crippen LogP contribution in [0.1, 0.15) is 40.6 Å². The molecule has 2 aromatic heterocycles. The molecule has 1 aliphatic heterocycles. The minimum absolute atomic E-state index is 0.0638. The summed E-state index contributed by atoms with van der Waals surface area (Å²) in [6, 6.07) is 5.82. The highest BCUT2D eigenvalue weighted by Gasteiger charge is 2.25. The number of rotatable bonds is 4. The molecule has 144 valence electrons. The summed E-state index contributed by atoms with van der Waals surface area (Å²) in [6.07, 6.45) is 7.05. The highest BCUT2D eigenvalue weighted by atomic mass is 32.2. The molecule has 4 nitrogen and oxygen atoms in total. The SMILES string of the molecule is CCOc1ccc2nc(NC(=O)C3=Cc4sc5c(c4CS3)CCCC5)sc2c1. The van der Waals surface area contributed by atoms with Crippen molar-refractivity contribution in [1.29, 1.82) is 0 Å². The van der Waals surface area contributed by atoms with Crippen LogP contribution in [0, 0.1) is 0 Å². The van der Waals surface area contributed by atoms with Gasteiger partial charge in [-0.3, -0.25) is 10.1 Å². The van der Waals surface area contributed by atoms with Crippen LogP contribution in [0.3, 0.4) is 0 Å². The first-order valence-electron chi connectivity index (χ1n) is 9.54. The van der Waals surface area contributed by atoms with E-state index in [2.05, 4.69) is 16.4 Å². The maximum Gasteiger partial charge on any atom is 0.263 e. The van der Waals surface area contributed by atoms with Crippen LogP contribution in [-0.2, 0) is 23.4 Å². The smallest absolute Gasteiger partial charge is 0.263 e. The Bertz CT molecular complexity index is 1100. The quantitative estimate of drug-likeness (QED) is 0.565. The molecule has 1 aliphatic carbocycles. The van der Waals surface area contributed by atoms with E-state index in [1.54, 1.807) is 17.3 Å². The summed E-state index contributed by atoms with van der Waals surface area (Å²) < 4.78 is 6.56. The molecule has 0 atom stereocenters. The molecular weight excluding hydrogens is 408 g/mol. The predicted molar refractivity (Wildman–Crippen MR) is 120 cm³/mol. The number of hydrogen-bond donors (Lipinski definition) is 1. The third kappa shape index (κ3) is 3.36. The van der Waals surface area contributed by atoms with E-state index in [4.69, 9.17) is 4.74 Å². The van der Waals surface area contributed by atoms with Gasteiger partial charge in [0.2, 0.25) is 0 Å². The van der Waals surface area contributed by atoms with E-state index in [1.165, 1.54) is 52.3 Å². The van der Waals surface area contributed by atoms with Gasteiger partial charge in [0.1, 0.15) is 5.75 Å². The molecular formula is C21H20N2O2S3. The van der Waals surface area contributed by atoms with Gasteiger partial charge in [-0.15, -0.1) is 23.1 Å². The molecule has 0 saturated carbocycles. The van der Waals surface area contributed by atoms with Gasteiger partial charge in [-0.2, -0.15) is 0 Å². The lowest BCUT2D eigenvalue weighted by Gasteiger charge is -2.15. The van der Waals surface area contributed by atoms with E-state index in [1.807, 2.05) is 36.5 Å². The Morgan fingerprint density at radius 3 is 3.00 bits per heavy atom. The van der Waals surface area contributed by atoms with Gasteiger partial charge in [-0.1, -0.05) is 11.3 Å². The van der Waals surface area contributed by atoms with Crippen molar-refractivity contribution in [3.8, 4) is 5.75 Å². The van der Waals surface area contributed by atoms with E-state index in [9.17, 15) is 4.79 Å². The monoisotopic (exact) mass is 428 g/mol. The van der Waals surface area contributed by atoms with E-state index >= 15 is 0 Å². The fourth-order valence-corrected chi connectivity index (χ4v) is 7.17. The molecule has 2 aliphatic rings. The van der Waals surface area contributed by atoms with Crippen LogP contribution in [0.4, 0.5) is 5.13 Å². The van der Waals surface area contributed by atoms with E-state index in [0.717, 1.165) is 26.6 Å². The Hall–Kier alpha value is -1.83. The van der Waals surface area contributed by atoms with Crippen LogP contribution in [-0.4, -0.2) is 17.5 Å². The third-order valence-corrected chi connectivity index (χ3v) is 8.32. The fraction of sp³-hybridized carbons (Fsp3) is 0.333. The number of thioether (sulfide) groups is 1. The highest BCUT2D eigenvalue weighted by Crippen LogP contribution is 2.43. The highest BCUT2D eigenvalue weighted by molar-refractivity contribution is 8.03. The van der Waals surface area contributed by atoms with Gasteiger partial charge in [0.05, 0.1) is 21.7 Å². The summed E-state index contributed by atoms with van der Waals surface area (Å²) in [4.78, 5) is 20.9. The summed E-state index contributed by atoms with van der Waals surface area (Å²) in [5.74, 6) is 1.67. The number of carbonyl (C=O) groups excluding carboxylic acids is 1. The number of amides is 1. The molecule has 0 spiro atoms. The lowest BCUT2D eigenvalue weighted by molar-refractivity contribution is -0.112. The van der Waals surface area contributed by atoms with Crippen molar-refractivity contribution in [3.05, 3.63) is 44.0 Å². The minimum Gasteiger partial charge on any atom is -0.494 e. The van der Waals surface area contributed by atoms with Crippen molar-refractivity contribution in [2.75, 3.05) is 11.9 Å². The van der Waals surface area contributed by atoms with E-state index in [-0.39, 0.29) is 5.91 Å². The molecule has 3 heterocycles. The number of aryl methyl sites for hydroxylation is 1. The number of fused-ring (bicyclic) bond motifs is 4. The summed E-state index contributed by atoms with van der Waals surface area (Å²) in [5, 5.41) is 3.62. The van der Waals surface area contributed by atoms with Crippen molar-refractivity contribution in [1.82, 2.24) is 4.98 Å². The number of ether oxygens (including phenoxy) is 1. The molecule has 0 radical (unpaired) electrons. The molecule has 28 heavy (non-hydrogen) atoms.